The number of anilines is 1. The van der Waals surface area contributed by atoms with Crippen molar-refractivity contribution in [2.75, 3.05) is 24.3 Å². The van der Waals surface area contributed by atoms with Crippen LogP contribution in [0.5, 0.6) is 0 Å². The van der Waals surface area contributed by atoms with Gasteiger partial charge in [0, 0.05) is 11.1 Å². The van der Waals surface area contributed by atoms with Crippen LogP contribution in [0.4, 0.5) is 5.13 Å². The molecule has 1 unspecified atom stereocenters. The Hall–Kier alpha value is -3.46. The van der Waals surface area contributed by atoms with Gasteiger partial charge in [-0.25, -0.2) is 9.78 Å². The molecule has 0 aliphatic carbocycles. The summed E-state index contributed by atoms with van der Waals surface area (Å²) in [5, 5.41) is 18.9. The molecule has 2 atom stereocenters. The van der Waals surface area contributed by atoms with Crippen LogP contribution in [-0.2, 0) is 33.5 Å². The normalized spacial score (nSPS) is 20.0. The van der Waals surface area contributed by atoms with Crippen LogP contribution in [0.2, 0.25) is 0 Å². The standard InChI is InChI=1S/C16H15N5O8S2/c22-6-17-16-18-8(5-31-16)10(20-29-3-2-28-7-23)12(24)19-11-13(25)21-9(15(26)27)1-4-30-14(11)21/h1,5-7,11,14H,2-4H2,(H,19,24)(H,26,27)(H,17,18,22)/b20-10-/t11?,14-/m1/s1. The number of rotatable bonds is 11. The van der Waals surface area contributed by atoms with E-state index in [1.165, 1.54) is 23.2 Å². The summed E-state index contributed by atoms with van der Waals surface area (Å²) in [6.07, 6.45) is 1.85. The predicted molar refractivity (Wildman–Crippen MR) is 107 cm³/mol. The Morgan fingerprint density at radius 2 is 2.19 bits per heavy atom. The molecule has 1 fully saturated rings. The minimum absolute atomic E-state index is 0.0780. The number of carbonyl (C=O) groups is 5. The summed E-state index contributed by atoms with van der Waals surface area (Å²) in [4.78, 5) is 67.5. The molecule has 2 aliphatic heterocycles. The van der Waals surface area contributed by atoms with E-state index in [-0.39, 0.29) is 41.9 Å². The van der Waals surface area contributed by atoms with Crippen LogP contribution >= 0.6 is 23.1 Å². The van der Waals surface area contributed by atoms with E-state index < -0.39 is 29.2 Å². The van der Waals surface area contributed by atoms with Crippen LogP contribution in [0.15, 0.2) is 22.3 Å². The summed E-state index contributed by atoms with van der Waals surface area (Å²) in [5.41, 5.74) is -0.327. The quantitative estimate of drug-likeness (QED) is 0.119. The van der Waals surface area contributed by atoms with Crippen molar-refractivity contribution in [3.63, 3.8) is 0 Å². The number of nitrogens with zero attached hydrogens (tertiary/aromatic N) is 3. The molecule has 1 aromatic heterocycles. The number of thioether (sulfide) groups is 1. The van der Waals surface area contributed by atoms with Crippen molar-refractivity contribution in [2.45, 2.75) is 11.4 Å². The van der Waals surface area contributed by atoms with Crippen molar-refractivity contribution >= 4 is 64.6 Å². The third kappa shape index (κ3) is 4.83. The number of carboxylic acids is 1. The summed E-state index contributed by atoms with van der Waals surface area (Å²) in [6.45, 7) is -0.00932. The van der Waals surface area contributed by atoms with E-state index in [0.29, 0.717) is 12.2 Å². The third-order valence-corrected chi connectivity index (χ3v) is 5.97. The van der Waals surface area contributed by atoms with Crippen LogP contribution in [0.3, 0.4) is 0 Å². The number of oxime groups is 1. The van der Waals surface area contributed by atoms with Gasteiger partial charge in [0.25, 0.3) is 18.3 Å². The number of thiazole rings is 1. The van der Waals surface area contributed by atoms with Gasteiger partial charge in [-0.05, 0) is 6.08 Å². The summed E-state index contributed by atoms with van der Waals surface area (Å²) in [5.74, 6) is -2.21. The Bertz CT molecular complexity index is 962. The summed E-state index contributed by atoms with van der Waals surface area (Å²) < 4.78 is 4.47. The van der Waals surface area contributed by atoms with Crippen LogP contribution in [-0.4, -0.2) is 81.8 Å². The molecule has 164 valence electrons. The number of amides is 3. The Morgan fingerprint density at radius 1 is 1.39 bits per heavy atom. The average molecular weight is 469 g/mol. The maximum atomic E-state index is 12.8. The second kappa shape index (κ2) is 10.0. The van der Waals surface area contributed by atoms with Crippen LogP contribution < -0.4 is 10.6 Å². The predicted octanol–water partition coefficient (Wildman–Crippen LogP) is -1.03. The molecule has 2 aliphatic rings. The lowest BCUT2D eigenvalue weighted by Crippen LogP contribution is -2.70. The first-order valence-electron chi connectivity index (χ1n) is 8.58. The number of hydrogen-bond acceptors (Lipinski definition) is 11. The molecule has 0 saturated carbocycles. The van der Waals surface area contributed by atoms with E-state index in [9.17, 15) is 29.1 Å². The zero-order valence-electron chi connectivity index (χ0n) is 15.5. The van der Waals surface area contributed by atoms with E-state index in [1.54, 1.807) is 0 Å². The Labute approximate surface area is 182 Å². The van der Waals surface area contributed by atoms with E-state index in [1.807, 2.05) is 0 Å². The van der Waals surface area contributed by atoms with E-state index in [0.717, 1.165) is 16.2 Å². The number of hydrogen-bond donors (Lipinski definition) is 3. The van der Waals surface area contributed by atoms with Crippen LogP contribution in [0.1, 0.15) is 5.69 Å². The van der Waals surface area contributed by atoms with Crippen molar-refractivity contribution in [3.05, 3.63) is 22.8 Å². The maximum Gasteiger partial charge on any atom is 0.352 e. The number of aliphatic carboxylic acids is 1. The van der Waals surface area contributed by atoms with Gasteiger partial charge < -0.3 is 25.3 Å². The Balaban J connectivity index is 1.74. The van der Waals surface area contributed by atoms with Gasteiger partial charge >= 0.3 is 5.97 Å². The van der Waals surface area contributed by atoms with Crippen molar-refractivity contribution in [1.82, 2.24) is 15.2 Å². The van der Waals surface area contributed by atoms with Gasteiger partial charge in [-0.15, -0.1) is 23.1 Å². The van der Waals surface area contributed by atoms with Gasteiger partial charge in [0.05, 0.1) is 0 Å². The van der Waals surface area contributed by atoms with E-state index >= 15 is 0 Å². The first-order valence-corrected chi connectivity index (χ1v) is 10.5. The minimum atomic E-state index is -1.23. The number of β-lactam (4-membered cyclic amide) rings is 1. The number of aromatic nitrogens is 1. The first-order chi connectivity index (χ1) is 15.0. The van der Waals surface area contributed by atoms with Gasteiger partial charge in [0.15, 0.2) is 17.5 Å². The molecule has 0 aromatic carbocycles. The third-order valence-electron chi connectivity index (χ3n) is 4.01. The molecule has 31 heavy (non-hydrogen) atoms. The summed E-state index contributed by atoms with van der Waals surface area (Å²) >= 11 is 2.34. The van der Waals surface area contributed by atoms with Crippen molar-refractivity contribution in [1.29, 1.82) is 0 Å². The molecule has 3 rings (SSSR count). The zero-order valence-corrected chi connectivity index (χ0v) is 17.2. The molecule has 0 bridgehead atoms. The highest BCUT2D eigenvalue weighted by atomic mass is 32.2. The molecule has 3 N–H and O–H groups in total. The fourth-order valence-electron chi connectivity index (χ4n) is 2.70. The number of ether oxygens (including phenoxy) is 1. The highest BCUT2D eigenvalue weighted by molar-refractivity contribution is 8.00. The Kier molecular flexibility index (Phi) is 7.19. The number of carboxylic acid groups (broad SMARTS) is 1. The number of fused-ring (bicyclic) bond motifs is 1. The van der Waals surface area contributed by atoms with Gasteiger partial charge in [-0.3, -0.25) is 24.1 Å². The van der Waals surface area contributed by atoms with Gasteiger partial charge in [-0.2, -0.15) is 0 Å². The maximum absolute atomic E-state index is 12.8. The van der Waals surface area contributed by atoms with Gasteiger partial charge in [0.2, 0.25) is 6.41 Å². The monoisotopic (exact) mass is 469 g/mol. The smallest absolute Gasteiger partial charge is 0.352 e. The molecule has 0 radical (unpaired) electrons. The highest BCUT2D eigenvalue weighted by Crippen LogP contribution is 2.37. The SMILES string of the molecule is O=CNc1nc(/C(=N/OCCOC=O)C(=O)NC2C(=O)N3C(C(=O)O)=CCS[C@H]23)cs1. The minimum Gasteiger partial charge on any atom is -0.477 e. The zero-order chi connectivity index (χ0) is 22.4. The van der Waals surface area contributed by atoms with Crippen molar-refractivity contribution < 1.29 is 38.7 Å². The second-order valence-electron chi connectivity index (χ2n) is 5.82. The van der Waals surface area contributed by atoms with Crippen LogP contribution in [0.25, 0.3) is 0 Å². The topological polar surface area (TPSA) is 177 Å². The molecule has 3 heterocycles. The molecule has 13 nitrogen and oxygen atoms in total. The summed E-state index contributed by atoms with van der Waals surface area (Å²) in [6, 6.07) is -0.963. The number of carbonyl (C=O) groups excluding carboxylic acids is 4. The fraction of sp³-hybridized carbons (Fsp3) is 0.312. The lowest BCUT2D eigenvalue weighted by Gasteiger charge is -2.48. The molecular weight excluding hydrogens is 454 g/mol. The summed E-state index contributed by atoms with van der Waals surface area (Å²) in [7, 11) is 0. The average Bonchev–Trinajstić information content (AvgIpc) is 3.22. The van der Waals surface area contributed by atoms with Gasteiger partial charge in [-0.1, -0.05) is 5.16 Å². The lowest BCUT2D eigenvalue weighted by atomic mass is 10.0. The number of nitrogens with one attached hydrogen (secondary N) is 2. The molecule has 0 spiro atoms. The molecular formula is C16H15N5O8S2. The lowest BCUT2D eigenvalue weighted by molar-refractivity contribution is -0.150. The largest absolute Gasteiger partial charge is 0.477 e. The fourth-order valence-corrected chi connectivity index (χ4v) is 4.54. The molecule has 15 heteroatoms. The molecule has 1 saturated heterocycles. The van der Waals surface area contributed by atoms with Gasteiger partial charge in [0.1, 0.15) is 29.4 Å². The van der Waals surface area contributed by atoms with Crippen molar-refractivity contribution in [3.8, 4) is 0 Å². The van der Waals surface area contributed by atoms with E-state index in [2.05, 4.69) is 25.5 Å². The van der Waals surface area contributed by atoms with Crippen LogP contribution in [0, 0.1) is 0 Å². The molecule has 3 amide bonds. The second-order valence-corrected chi connectivity index (χ2v) is 7.83. The Morgan fingerprint density at radius 3 is 2.90 bits per heavy atom. The highest BCUT2D eigenvalue weighted by Gasteiger charge is 2.53. The van der Waals surface area contributed by atoms with E-state index in [4.69, 9.17) is 4.84 Å². The first kappa shape index (κ1) is 22.2. The van der Waals surface area contributed by atoms with Crippen molar-refractivity contribution in [2.24, 2.45) is 5.16 Å². The molecule has 1 aromatic rings.